The Balaban J connectivity index is 2.84. The van der Waals surface area contributed by atoms with Gasteiger partial charge >= 0.3 is 0 Å². The van der Waals surface area contributed by atoms with E-state index >= 15 is 0 Å². The molecule has 0 saturated heterocycles. The van der Waals surface area contributed by atoms with E-state index in [-0.39, 0.29) is 10.8 Å². The van der Waals surface area contributed by atoms with E-state index in [1.807, 2.05) is 6.92 Å². The van der Waals surface area contributed by atoms with Gasteiger partial charge in [-0.25, -0.2) is 13.6 Å². The third-order valence-electron chi connectivity index (χ3n) is 2.30. The van der Waals surface area contributed by atoms with E-state index in [1.54, 1.807) is 0 Å². The largest absolute Gasteiger partial charge is 0.325 e. The van der Waals surface area contributed by atoms with E-state index in [4.69, 9.17) is 5.14 Å². The molecule has 1 amide bonds. The van der Waals surface area contributed by atoms with Crippen molar-refractivity contribution in [2.45, 2.75) is 31.1 Å². The second-order valence-corrected chi connectivity index (χ2v) is 6.25. The second-order valence-electron chi connectivity index (χ2n) is 3.84. The van der Waals surface area contributed by atoms with Crippen LogP contribution in [0.1, 0.15) is 26.2 Å². The zero-order chi connectivity index (χ0) is 13.8. The number of benzene rings is 1. The summed E-state index contributed by atoms with van der Waals surface area (Å²) in [5, 5.41) is 7.71. The summed E-state index contributed by atoms with van der Waals surface area (Å²) >= 11 is 3.20. The molecule has 0 aromatic heterocycles. The van der Waals surface area contributed by atoms with Crippen LogP contribution >= 0.6 is 15.9 Å². The number of amides is 1. The van der Waals surface area contributed by atoms with Gasteiger partial charge in [-0.05, 0) is 40.5 Å². The number of sulfonamides is 1. The van der Waals surface area contributed by atoms with Crippen LogP contribution in [0.3, 0.4) is 0 Å². The van der Waals surface area contributed by atoms with E-state index in [2.05, 4.69) is 21.2 Å². The minimum absolute atomic E-state index is 0.000863. The van der Waals surface area contributed by atoms with Crippen molar-refractivity contribution in [1.29, 1.82) is 0 Å². The molecule has 0 spiro atoms. The lowest BCUT2D eigenvalue weighted by Gasteiger charge is -2.08. The second kappa shape index (κ2) is 6.31. The number of nitrogens with one attached hydrogen (secondary N) is 1. The summed E-state index contributed by atoms with van der Waals surface area (Å²) in [5.41, 5.74) is 0.531. The van der Waals surface area contributed by atoms with Crippen molar-refractivity contribution in [1.82, 2.24) is 0 Å². The van der Waals surface area contributed by atoms with Gasteiger partial charge in [0.25, 0.3) is 0 Å². The van der Waals surface area contributed by atoms with Crippen LogP contribution in [0.2, 0.25) is 0 Å². The predicted molar refractivity (Wildman–Crippen MR) is 73.7 cm³/mol. The Morgan fingerprint density at radius 2 is 2.11 bits per heavy atom. The van der Waals surface area contributed by atoms with Gasteiger partial charge in [0.05, 0.1) is 10.6 Å². The summed E-state index contributed by atoms with van der Waals surface area (Å²) in [5.74, 6) is -0.0964. The highest BCUT2D eigenvalue weighted by Gasteiger charge is 2.11. The Kier molecular flexibility index (Phi) is 5.30. The molecule has 0 aliphatic rings. The fourth-order valence-electron chi connectivity index (χ4n) is 1.32. The van der Waals surface area contributed by atoms with E-state index in [1.165, 1.54) is 18.2 Å². The summed E-state index contributed by atoms with van der Waals surface area (Å²) in [7, 11) is -3.73. The van der Waals surface area contributed by atoms with Gasteiger partial charge in [0.15, 0.2) is 0 Å². The molecule has 5 nitrogen and oxygen atoms in total. The molecule has 7 heteroatoms. The van der Waals surface area contributed by atoms with Crippen molar-refractivity contribution in [3.8, 4) is 0 Å². The lowest BCUT2D eigenvalue weighted by molar-refractivity contribution is -0.116. The topological polar surface area (TPSA) is 89.3 Å². The Morgan fingerprint density at radius 1 is 1.44 bits per heavy atom. The molecule has 0 heterocycles. The number of unbranched alkanes of at least 4 members (excludes halogenated alkanes) is 1. The Hall–Kier alpha value is -0.920. The van der Waals surface area contributed by atoms with Gasteiger partial charge in [-0.2, -0.15) is 0 Å². The minimum atomic E-state index is -3.73. The quantitative estimate of drug-likeness (QED) is 0.865. The highest BCUT2D eigenvalue weighted by atomic mass is 79.9. The minimum Gasteiger partial charge on any atom is -0.325 e. The van der Waals surface area contributed by atoms with Crippen LogP contribution in [0.4, 0.5) is 5.69 Å². The third kappa shape index (κ3) is 4.40. The highest BCUT2D eigenvalue weighted by Crippen LogP contribution is 2.25. The molecule has 0 bridgehead atoms. The summed E-state index contributed by atoms with van der Waals surface area (Å²) in [6.45, 7) is 2.00. The van der Waals surface area contributed by atoms with E-state index in [0.29, 0.717) is 16.6 Å². The molecule has 0 aliphatic carbocycles. The summed E-state index contributed by atoms with van der Waals surface area (Å²) in [6, 6.07) is 4.23. The SMILES string of the molecule is CCCCC(=O)Nc1ccc(S(N)(=O)=O)cc1Br. The Morgan fingerprint density at radius 3 is 2.61 bits per heavy atom. The van der Waals surface area contributed by atoms with Gasteiger partial charge in [0.1, 0.15) is 0 Å². The molecule has 100 valence electrons. The van der Waals surface area contributed by atoms with Gasteiger partial charge in [0, 0.05) is 10.9 Å². The van der Waals surface area contributed by atoms with Gasteiger partial charge in [-0.1, -0.05) is 13.3 Å². The van der Waals surface area contributed by atoms with E-state index in [9.17, 15) is 13.2 Å². The average molecular weight is 335 g/mol. The van der Waals surface area contributed by atoms with Crippen LogP contribution in [0.15, 0.2) is 27.6 Å². The Labute approximate surface area is 115 Å². The zero-order valence-corrected chi connectivity index (χ0v) is 12.3. The van der Waals surface area contributed by atoms with Crippen LogP contribution in [0.5, 0.6) is 0 Å². The first-order chi connectivity index (χ1) is 8.34. The maximum absolute atomic E-state index is 11.5. The maximum Gasteiger partial charge on any atom is 0.238 e. The van der Waals surface area contributed by atoms with Crippen molar-refractivity contribution >= 4 is 37.5 Å². The first-order valence-electron chi connectivity index (χ1n) is 5.46. The van der Waals surface area contributed by atoms with Gasteiger partial charge in [-0.3, -0.25) is 4.79 Å². The molecule has 0 aliphatic heterocycles. The number of halogens is 1. The molecule has 0 unspecified atom stereocenters. The predicted octanol–water partition coefficient (Wildman–Crippen LogP) is 2.23. The van der Waals surface area contributed by atoms with Crippen LogP contribution in [-0.2, 0) is 14.8 Å². The summed E-state index contributed by atoms with van der Waals surface area (Å²) in [6.07, 6.45) is 2.21. The van der Waals surface area contributed by atoms with E-state index in [0.717, 1.165) is 12.8 Å². The van der Waals surface area contributed by atoms with Crippen LogP contribution in [-0.4, -0.2) is 14.3 Å². The lowest BCUT2D eigenvalue weighted by atomic mass is 10.2. The van der Waals surface area contributed by atoms with Crippen molar-refractivity contribution < 1.29 is 13.2 Å². The van der Waals surface area contributed by atoms with Crippen molar-refractivity contribution in [3.05, 3.63) is 22.7 Å². The molecule has 1 rings (SSSR count). The first-order valence-corrected chi connectivity index (χ1v) is 7.80. The number of carbonyl (C=O) groups excluding carboxylic acids is 1. The number of primary sulfonamides is 1. The molecule has 18 heavy (non-hydrogen) atoms. The molecule has 3 N–H and O–H groups in total. The van der Waals surface area contributed by atoms with E-state index < -0.39 is 10.0 Å². The summed E-state index contributed by atoms with van der Waals surface area (Å²) in [4.78, 5) is 11.5. The molecule has 0 radical (unpaired) electrons. The van der Waals surface area contributed by atoms with Gasteiger partial charge in [-0.15, -0.1) is 0 Å². The highest BCUT2D eigenvalue weighted by molar-refractivity contribution is 9.10. The number of nitrogens with two attached hydrogens (primary N) is 1. The van der Waals surface area contributed by atoms with Crippen LogP contribution < -0.4 is 10.5 Å². The maximum atomic E-state index is 11.5. The molecule has 0 fully saturated rings. The normalized spacial score (nSPS) is 11.3. The molecular weight excluding hydrogens is 320 g/mol. The average Bonchev–Trinajstić information content (AvgIpc) is 2.27. The number of rotatable bonds is 5. The molecule has 0 saturated carbocycles. The van der Waals surface area contributed by atoms with Crippen molar-refractivity contribution in [2.24, 2.45) is 5.14 Å². The number of hydrogen-bond donors (Lipinski definition) is 2. The number of carbonyl (C=O) groups is 1. The lowest BCUT2D eigenvalue weighted by Crippen LogP contribution is -2.14. The number of hydrogen-bond acceptors (Lipinski definition) is 3. The van der Waals surface area contributed by atoms with Crippen LogP contribution in [0, 0.1) is 0 Å². The van der Waals surface area contributed by atoms with Gasteiger partial charge < -0.3 is 5.32 Å². The Bertz CT molecular complexity index is 543. The smallest absolute Gasteiger partial charge is 0.238 e. The molecule has 1 aromatic rings. The summed E-state index contributed by atoms with van der Waals surface area (Å²) < 4.78 is 22.7. The third-order valence-corrected chi connectivity index (χ3v) is 3.87. The van der Waals surface area contributed by atoms with Crippen molar-refractivity contribution in [2.75, 3.05) is 5.32 Å². The monoisotopic (exact) mass is 334 g/mol. The molecular formula is C11H15BrN2O3S. The standard InChI is InChI=1S/C11H15BrN2O3S/c1-2-3-4-11(15)14-10-6-5-8(7-9(10)12)18(13,16)17/h5-7H,2-4H2,1H3,(H,14,15)(H2,13,16,17). The fraction of sp³-hybridized carbons (Fsp3) is 0.364. The first kappa shape index (κ1) is 15.1. The zero-order valence-electron chi connectivity index (χ0n) is 9.94. The van der Waals surface area contributed by atoms with Gasteiger partial charge in [0.2, 0.25) is 15.9 Å². The van der Waals surface area contributed by atoms with Crippen molar-refractivity contribution in [3.63, 3.8) is 0 Å². The number of anilines is 1. The molecule has 0 atom stereocenters. The molecule has 1 aromatic carbocycles. The fourth-order valence-corrected chi connectivity index (χ4v) is 2.49. The van der Waals surface area contributed by atoms with Crippen LogP contribution in [0.25, 0.3) is 0 Å².